The van der Waals surface area contributed by atoms with Gasteiger partial charge in [-0.3, -0.25) is 0 Å². The molecule has 0 aliphatic carbocycles. The average molecular weight is 398 g/mol. The van der Waals surface area contributed by atoms with E-state index in [-0.39, 0.29) is 0 Å². The first-order valence-electron chi connectivity index (χ1n) is 8.40. The average Bonchev–Trinajstić information content (AvgIpc) is 2.70. The van der Waals surface area contributed by atoms with Crippen molar-refractivity contribution in [3.05, 3.63) is 95.8 Å². The molecule has 3 nitrogen and oxygen atoms in total. The molecule has 0 bridgehead atoms. The van der Waals surface area contributed by atoms with Gasteiger partial charge in [0.05, 0.1) is 25.0 Å². The lowest BCUT2D eigenvalue weighted by molar-refractivity contribution is -0.137. The van der Waals surface area contributed by atoms with E-state index >= 15 is 0 Å². The van der Waals surface area contributed by atoms with Crippen LogP contribution in [0.15, 0.2) is 79.1 Å². The number of benzene rings is 3. The van der Waals surface area contributed by atoms with Crippen molar-refractivity contribution in [1.29, 1.82) is 0 Å². The molecule has 6 heteroatoms. The summed E-state index contributed by atoms with van der Waals surface area (Å²) >= 11 is 0. The number of hydrogen-bond acceptors (Lipinski definition) is 2. The van der Waals surface area contributed by atoms with Gasteiger partial charge in [0.1, 0.15) is 0 Å². The van der Waals surface area contributed by atoms with Crippen LogP contribution in [0.4, 0.5) is 13.2 Å². The van der Waals surface area contributed by atoms with Gasteiger partial charge in [-0.1, -0.05) is 42.2 Å². The van der Waals surface area contributed by atoms with Crippen LogP contribution in [0.3, 0.4) is 0 Å². The van der Waals surface area contributed by atoms with E-state index in [1.807, 2.05) is 42.5 Å². The molecule has 29 heavy (non-hydrogen) atoms. The smallest absolute Gasteiger partial charge is 0.416 e. The molecule has 0 aromatic heterocycles. The fourth-order valence-electron chi connectivity index (χ4n) is 2.28. The van der Waals surface area contributed by atoms with Gasteiger partial charge in [-0.2, -0.15) is 13.2 Å². The number of rotatable bonds is 2. The molecule has 3 aromatic rings. The molecule has 0 fully saturated rings. The molecule has 0 saturated carbocycles. The SMILES string of the molecule is COC=CC(=O)O.FC(F)(F)c1ccc(C#Cc2ccc3ccccc3c2)cc1. The highest BCUT2D eigenvalue weighted by atomic mass is 19.4. The van der Waals surface area contributed by atoms with Crippen molar-refractivity contribution < 1.29 is 27.8 Å². The van der Waals surface area contributed by atoms with Crippen LogP contribution in [0, 0.1) is 11.8 Å². The molecular weight excluding hydrogens is 381 g/mol. The summed E-state index contributed by atoms with van der Waals surface area (Å²) in [5, 5.41) is 10.1. The Balaban J connectivity index is 0.000000370. The Kier molecular flexibility index (Phi) is 7.44. The van der Waals surface area contributed by atoms with Gasteiger partial charge in [-0.15, -0.1) is 0 Å². The van der Waals surface area contributed by atoms with Crippen LogP contribution >= 0.6 is 0 Å². The van der Waals surface area contributed by atoms with E-state index < -0.39 is 17.7 Å². The lowest BCUT2D eigenvalue weighted by Crippen LogP contribution is -2.04. The number of halogens is 3. The Morgan fingerprint density at radius 1 is 0.931 bits per heavy atom. The van der Waals surface area contributed by atoms with Gasteiger partial charge in [0, 0.05) is 11.1 Å². The zero-order valence-corrected chi connectivity index (χ0v) is 15.4. The number of aliphatic carboxylic acids is 1. The van der Waals surface area contributed by atoms with E-state index in [4.69, 9.17) is 5.11 Å². The van der Waals surface area contributed by atoms with Gasteiger partial charge in [0.15, 0.2) is 0 Å². The molecule has 148 valence electrons. The topological polar surface area (TPSA) is 46.5 Å². The molecule has 0 heterocycles. The largest absolute Gasteiger partial charge is 0.504 e. The fourth-order valence-corrected chi connectivity index (χ4v) is 2.28. The number of carboxylic acids is 1. The van der Waals surface area contributed by atoms with Gasteiger partial charge in [0.2, 0.25) is 0 Å². The minimum absolute atomic E-state index is 0.557. The number of ether oxygens (including phenoxy) is 1. The summed E-state index contributed by atoms with van der Waals surface area (Å²) in [6.07, 6.45) is -2.30. The zero-order valence-electron chi connectivity index (χ0n) is 15.4. The Hall–Kier alpha value is -3.72. The highest BCUT2D eigenvalue weighted by Crippen LogP contribution is 2.28. The Bertz CT molecular complexity index is 1060. The molecule has 0 spiro atoms. The third-order valence-electron chi connectivity index (χ3n) is 3.66. The molecule has 3 aromatic carbocycles. The minimum Gasteiger partial charge on any atom is -0.504 e. The van der Waals surface area contributed by atoms with E-state index in [2.05, 4.69) is 16.6 Å². The summed E-state index contributed by atoms with van der Waals surface area (Å²) in [4.78, 5) is 9.59. The molecule has 0 aliphatic heterocycles. The summed E-state index contributed by atoms with van der Waals surface area (Å²) in [5.74, 6) is 4.87. The van der Waals surface area contributed by atoms with Gasteiger partial charge in [-0.05, 0) is 47.2 Å². The number of fused-ring (bicyclic) bond motifs is 1. The third kappa shape index (κ3) is 7.07. The summed E-state index contributed by atoms with van der Waals surface area (Å²) < 4.78 is 41.7. The Morgan fingerprint density at radius 3 is 2.07 bits per heavy atom. The van der Waals surface area contributed by atoms with E-state index in [1.165, 1.54) is 19.2 Å². The number of carbonyl (C=O) groups is 1. The van der Waals surface area contributed by atoms with Crippen molar-refractivity contribution >= 4 is 16.7 Å². The van der Waals surface area contributed by atoms with Crippen LogP contribution in [-0.2, 0) is 15.7 Å². The first-order chi connectivity index (χ1) is 13.8. The Morgan fingerprint density at radius 2 is 1.52 bits per heavy atom. The first-order valence-corrected chi connectivity index (χ1v) is 8.40. The summed E-state index contributed by atoms with van der Waals surface area (Å²) in [6, 6.07) is 18.6. The molecule has 1 N–H and O–H groups in total. The molecule has 0 atom stereocenters. The van der Waals surface area contributed by atoms with Crippen LogP contribution in [0.1, 0.15) is 16.7 Å². The number of alkyl halides is 3. The van der Waals surface area contributed by atoms with Crippen molar-refractivity contribution in [1.82, 2.24) is 0 Å². The maximum absolute atomic E-state index is 12.5. The first kappa shape index (κ1) is 21.6. The number of hydrogen-bond donors (Lipinski definition) is 1. The maximum Gasteiger partial charge on any atom is 0.416 e. The van der Waals surface area contributed by atoms with E-state index in [9.17, 15) is 18.0 Å². The van der Waals surface area contributed by atoms with Gasteiger partial charge < -0.3 is 9.84 Å². The second kappa shape index (κ2) is 10.00. The summed E-state index contributed by atoms with van der Waals surface area (Å²) in [7, 11) is 1.39. The summed E-state index contributed by atoms with van der Waals surface area (Å²) in [6.45, 7) is 0. The highest BCUT2D eigenvalue weighted by molar-refractivity contribution is 5.83. The molecule has 0 amide bonds. The van der Waals surface area contributed by atoms with E-state index in [1.54, 1.807) is 0 Å². The van der Waals surface area contributed by atoms with Crippen LogP contribution in [-0.4, -0.2) is 18.2 Å². The highest BCUT2D eigenvalue weighted by Gasteiger charge is 2.29. The van der Waals surface area contributed by atoms with Gasteiger partial charge in [-0.25, -0.2) is 4.79 Å². The van der Waals surface area contributed by atoms with Crippen molar-refractivity contribution in [2.45, 2.75) is 6.18 Å². The Labute approximate surface area is 166 Å². The lowest BCUT2D eigenvalue weighted by Gasteiger charge is -2.05. The monoisotopic (exact) mass is 398 g/mol. The quantitative estimate of drug-likeness (QED) is 0.353. The van der Waals surface area contributed by atoms with E-state index in [0.717, 1.165) is 40.8 Å². The van der Waals surface area contributed by atoms with Crippen LogP contribution in [0.2, 0.25) is 0 Å². The second-order valence-electron chi connectivity index (χ2n) is 5.76. The van der Waals surface area contributed by atoms with Crippen LogP contribution < -0.4 is 0 Å². The van der Waals surface area contributed by atoms with Crippen LogP contribution in [0.25, 0.3) is 10.8 Å². The predicted octanol–water partition coefficient (Wildman–Crippen LogP) is 5.49. The third-order valence-corrected chi connectivity index (χ3v) is 3.66. The minimum atomic E-state index is -4.32. The van der Waals surface area contributed by atoms with E-state index in [0.29, 0.717) is 5.56 Å². The zero-order chi connectivity index (χ0) is 21.3. The maximum atomic E-state index is 12.5. The molecule has 3 rings (SSSR count). The lowest BCUT2D eigenvalue weighted by atomic mass is 10.1. The number of carboxylic acid groups (broad SMARTS) is 1. The van der Waals surface area contributed by atoms with Crippen molar-refractivity contribution in [3.8, 4) is 11.8 Å². The fraction of sp³-hybridized carbons (Fsp3) is 0.0870. The normalized spacial score (nSPS) is 10.6. The van der Waals surface area contributed by atoms with Crippen LogP contribution in [0.5, 0.6) is 0 Å². The molecular formula is C23H17F3O3. The van der Waals surface area contributed by atoms with Crippen molar-refractivity contribution in [2.75, 3.05) is 7.11 Å². The number of methoxy groups -OCH3 is 1. The van der Waals surface area contributed by atoms with Crippen molar-refractivity contribution in [2.24, 2.45) is 0 Å². The van der Waals surface area contributed by atoms with Gasteiger partial charge in [0.25, 0.3) is 0 Å². The summed E-state index contributed by atoms with van der Waals surface area (Å²) in [5.41, 5.74) is 0.725. The standard InChI is InChI=1S/C19H11F3.C4H6O3/c20-19(21,22)18-11-8-14(9-12-18)5-6-15-7-10-16-3-1-2-4-17(16)13-15;1-7-3-2-4(5)6/h1-4,7-13H;2-3H,1H3,(H,5,6). The van der Waals surface area contributed by atoms with Crippen molar-refractivity contribution in [3.63, 3.8) is 0 Å². The molecule has 0 aliphatic rings. The molecule has 0 radical (unpaired) electrons. The van der Waals surface area contributed by atoms with Gasteiger partial charge >= 0.3 is 12.1 Å². The molecule has 0 saturated heterocycles. The predicted molar refractivity (Wildman–Crippen MR) is 105 cm³/mol. The molecule has 0 unspecified atom stereocenters. The second-order valence-corrected chi connectivity index (χ2v) is 5.76.